The summed E-state index contributed by atoms with van der Waals surface area (Å²) in [5.74, 6) is -0.193. The molecule has 2 N–H and O–H groups in total. The second-order valence-electron chi connectivity index (χ2n) is 7.48. The monoisotopic (exact) mass is 444 g/mol. The zero-order valence-corrected chi connectivity index (χ0v) is 18.6. The van der Waals surface area contributed by atoms with Crippen LogP contribution in [0.4, 0.5) is 5.69 Å². The van der Waals surface area contributed by atoms with E-state index in [1.54, 1.807) is 42.3 Å². The third kappa shape index (κ3) is 5.31. The van der Waals surface area contributed by atoms with Crippen molar-refractivity contribution >= 4 is 28.8 Å². The Morgan fingerprint density at radius 2 is 1.81 bits per heavy atom. The Bertz CT molecular complexity index is 1170. The maximum absolute atomic E-state index is 12.7. The highest BCUT2D eigenvalue weighted by Gasteiger charge is 2.13. The average Bonchev–Trinajstić information content (AvgIpc) is 3.52. The molecule has 0 aliphatic carbocycles. The highest BCUT2D eigenvalue weighted by atomic mass is 32.1. The van der Waals surface area contributed by atoms with Gasteiger partial charge in [0, 0.05) is 36.1 Å². The van der Waals surface area contributed by atoms with Gasteiger partial charge >= 0.3 is 0 Å². The molecule has 2 amide bonds. The molecule has 4 aromatic rings. The summed E-state index contributed by atoms with van der Waals surface area (Å²) in [5, 5.41) is 12.2. The van der Waals surface area contributed by atoms with E-state index in [4.69, 9.17) is 0 Å². The van der Waals surface area contributed by atoms with Gasteiger partial charge in [-0.1, -0.05) is 36.4 Å². The van der Waals surface area contributed by atoms with Gasteiger partial charge in [-0.05, 0) is 54.6 Å². The highest BCUT2D eigenvalue weighted by molar-refractivity contribution is 7.12. The Morgan fingerprint density at radius 1 is 1.03 bits per heavy atom. The molecule has 0 bridgehead atoms. The standard InChI is InChI=1S/C25H24N4O2S/c1-29(15-5-9-21-17-22(28-27-21)18-7-3-2-4-8-18)25(31)19-11-13-20(14-12-19)26-24(30)23-10-6-16-32-23/h2-4,6-8,10-14,16-17H,5,9,15H2,1H3,(H,26,30)(H,27,28). The Morgan fingerprint density at radius 3 is 2.53 bits per heavy atom. The first-order valence-corrected chi connectivity index (χ1v) is 11.3. The maximum atomic E-state index is 12.7. The van der Waals surface area contributed by atoms with Gasteiger partial charge in [0.2, 0.25) is 0 Å². The lowest BCUT2D eigenvalue weighted by Crippen LogP contribution is -2.28. The number of rotatable bonds is 8. The number of carbonyl (C=O) groups is 2. The number of nitrogens with zero attached hydrogens (tertiary/aromatic N) is 2. The quantitative estimate of drug-likeness (QED) is 0.397. The fourth-order valence-corrected chi connectivity index (χ4v) is 3.99. The number of nitrogens with one attached hydrogen (secondary N) is 2. The van der Waals surface area contributed by atoms with Crippen LogP contribution in [0.15, 0.2) is 78.2 Å². The molecule has 2 aromatic carbocycles. The summed E-state index contributed by atoms with van der Waals surface area (Å²) in [6.45, 7) is 0.634. The van der Waals surface area contributed by atoms with Crippen LogP contribution >= 0.6 is 11.3 Å². The number of aromatic amines is 1. The summed E-state index contributed by atoms with van der Waals surface area (Å²) >= 11 is 1.39. The summed E-state index contributed by atoms with van der Waals surface area (Å²) < 4.78 is 0. The van der Waals surface area contributed by atoms with Crippen LogP contribution in [0.1, 0.15) is 32.1 Å². The lowest BCUT2D eigenvalue weighted by molar-refractivity contribution is 0.0793. The van der Waals surface area contributed by atoms with E-state index < -0.39 is 0 Å². The van der Waals surface area contributed by atoms with Crippen molar-refractivity contribution in [1.82, 2.24) is 15.1 Å². The van der Waals surface area contributed by atoms with Crippen LogP contribution in [-0.4, -0.2) is 40.5 Å². The van der Waals surface area contributed by atoms with Crippen LogP contribution in [0.25, 0.3) is 11.3 Å². The van der Waals surface area contributed by atoms with Crippen LogP contribution in [0, 0.1) is 0 Å². The lowest BCUT2D eigenvalue weighted by Gasteiger charge is -2.17. The van der Waals surface area contributed by atoms with Crippen molar-refractivity contribution in [2.75, 3.05) is 18.9 Å². The van der Waals surface area contributed by atoms with Crippen LogP contribution in [0.2, 0.25) is 0 Å². The number of hydrogen-bond acceptors (Lipinski definition) is 4. The molecule has 2 aromatic heterocycles. The molecule has 7 heteroatoms. The zero-order chi connectivity index (χ0) is 22.3. The predicted molar refractivity (Wildman–Crippen MR) is 128 cm³/mol. The molecular formula is C25H24N4O2S. The molecule has 6 nitrogen and oxygen atoms in total. The lowest BCUT2D eigenvalue weighted by atomic mass is 10.1. The molecular weight excluding hydrogens is 420 g/mol. The van der Waals surface area contributed by atoms with Crippen molar-refractivity contribution in [3.8, 4) is 11.3 Å². The van der Waals surface area contributed by atoms with E-state index in [0.717, 1.165) is 29.8 Å². The number of thiophene rings is 1. The average molecular weight is 445 g/mol. The first-order chi connectivity index (χ1) is 15.6. The zero-order valence-electron chi connectivity index (χ0n) is 17.7. The van der Waals surface area contributed by atoms with E-state index >= 15 is 0 Å². The normalized spacial score (nSPS) is 10.7. The Hall–Kier alpha value is -3.71. The van der Waals surface area contributed by atoms with Crippen LogP contribution < -0.4 is 5.32 Å². The molecule has 0 saturated carbocycles. The van der Waals surface area contributed by atoms with Crippen molar-refractivity contribution in [1.29, 1.82) is 0 Å². The largest absolute Gasteiger partial charge is 0.342 e. The van der Waals surface area contributed by atoms with E-state index in [2.05, 4.69) is 21.6 Å². The van der Waals surface area contributed by atoms with Gasteiger partial charge in [0.05, 0.1) is 10.6 Å². The fourth-order valence-electron chi connectivity index (χ4n) is 3.37. The molecule has 0 aliphatic heterocycles. The minimum absolute atomic E-state index is 0.0456. The molecule has 0 aliphatic rings. The number of aromatic nitrogens is 2. The molecule has 0 atom stereocenters. The summed E-state index contributed by atoms with van der Waals surface area (Å²) in [4.78, 5) is 27.2. The third-order valence-corrected chi connectivity index (χ3v) is 5.99. The van der Waals surface area contributed by atoms with Gasteiger partial charge in [-0.15, -0.1) is 11.3 Å². The number of amides is 2. The minimum Gasteiger partial charge on any atom is -0.342 e. The fraction of sp³-hybridized carbons (Fsp3) is 0.160. The number of hydrogen-bond donors (Lipinski definition) is 2. The van der Waals surface area contributed by atoms with Gasteiger partial charge in [0.1, 0.15) is 0 Å². The number of anilines is 1. The number of carbonyl (C=O) groups excluding carboxylic acids is 2. The summed E-state index contributed by atoms with van der Waals surface area (Å²) in [7, 11) is 1.80. The Labute approximate surface area is 190 Å². The van der Waals surface area contributed by atoms with E-state index in [-0.39, 0.29) is 11.8 Å². The maximum Gasteiger partial charge on any atom is 0.265 e. The van der Waals surface area contributed by atoms with Crippen molar-refractivity contribution < 1.29 is 9.59 Å². The molecule has 0 unspecified atom stereocenters. The van der Waals surface area contributed by atoms with Crippen LogP contribution in [0.5, 0.6) is 0 Å². The number of benzene rings is 2. The van der Waals surface area contributed by atoms with Crippen molar-refractivity contribution in [2.45, 2.75) is 12.8 Å². The molecule has 0 fully saturated rings. The van der Waals surface area contributed by atoms with Gasteiger partial charge in [0.15, 0.2) is 0 Å². The molecule has 32 heavy (non-hydrogen) atoms. The summed E-state index contributed by atoms with van der Waals surface area (Å²) in [6.07, 6.45) is 1.64. The molecule has 162 valence electrons. The first kappa shape index (κ1) is 21.5. The molecule has 4 rings (SSSR count). The van der Waals surface area contributed by atoms with Gasteiger partial charge < -0.3 is 10.2 Å². The van der Waals surface area contributed by atoms with Crippen molar-refractivity contribution in [3.63, 3.8) is 0 Å². The van der Waals surface area contributed by atoms with Gasteiger partial charge in [0.25, 0.3) is 11.8 Å². The van der Waals surface area contributed by atoms with Gasteiger partial charge in [-0.3, -0.25) is 14.7 Å². The SMILES string of the molecule is CN(CCCc1cc(-c2ccccc2)n[nH]1)C(=O)c1ccc(NC(=O)c2cccs2)cc1. The Balaban J connectivity index is 1.26. The van der Waals surface area contributed by atoms with E-state index in [0.29, 0.717) is 22.7 Å². The van der Waals surface area contributed by atoms with E-state index in [9.17, 15) is 9.59 Å². The smallest absolute Gasteiger partial charge is 0.265 e. The van der Waals surface area contributed by atoms with Crippen LogP contribution in [0.3, 0.4) is 0 Å². The molecule has 0 radical (unpaired) electrons. The molecule has 0 saturated heterocycles. The van der Waals surface area contributed by atoms with Gasteiger partial charge in [-0.2, -0.15) is 5.10 Å². The second-order valence-corrected chi connectivity index (χ2v) is 8.43. The van der Waals surface area contributed by atoms with Gasteiger partial charge in [-0.25, -0.2) is 0 Å². The molecule has 0 spiro atoms. The first-order valence-electron chi connectivity index (χ1n) is 10.4. The third-order valence-electron chi connectivity index (χ3n) is 5.12. The van der Waals surface area contributed by atoms with E-state index in [1.807, 2.05) is 41.8 Å². The second kappa shape index (κ2) is 10.1. The van der Waals surface area contributed by atoms with Crippen molar-refractivity contribution in [3.05, 3.63) is 94.3 Å². The predicted octanol–water partition coefficient (Wildman–Crippen LogP) is 5.10. The van der Waals surface area contributed by atoms with Crippen LogP contribution in [-0.2, 0) is 6.42 Å². The number of aryl methyl sites for hydroxylation is 1. The summed E-state index contributed by atoms with van der Waals surface area (Å²) in [5.41, 5.74) is 4.31. The highest BCUT2D eigenvalue weighted by Crippen LogP contribution is 2.18. The Kier molecular flexibility index (Phi) is 6.77. The van der Waals surface area contributed by atoms with E-state index in [1.165, 1.54) is 11.3 Å². The number of H-pyrrole nitrogens is 1. The summed E-state index contributed by atoms with van der Waals surface area (Å²) in [6, 6.07) is 22.7. The minimum atomic E-state index is -0.148. The van der Waals surface area contributed by atoms with Crippen molar-refractivity contribution in [2.24, 2.45) is 0 Å². The molecule has 2 heterocycles. The topological polar surface area (TPSA) is 78.1 Å².